The van der Waals surface area contributed by atoms with Gasteiger partial charge in [0.1, 0.15) is 17.7 Å². The molecule has 4 aromatic rings. The Morgan fingerprint density at radius 3 is 2.17 bits per heavy atom. The van der Waals surface area contributed by atoms with Gasteiger partial charge in [0.2, 0.25) is 5.91 Å². The molecule has 0 radical (unpaired) electrons. The lowest BCUT2D eigenvalue weighted by atomic mass is 9.96. The number of hydrogen-bond acceptors (Lipinski definition) is 4. The van der Waals surface area contributed by atoms with E-state index in [1.165, 1.54) is 0 Å². The maximum atomic E-state index is 14.7. The molecule has 0 aliphatic carbocycles. The number of hydrogen-bond donors (Lipinski definition) is 2. The summed E-state index contributed by atoms with van der Waals surface area (Å²) in [4.78, 5) is 43.9. The van der Waals surface area contributed by atoms with Crippen molar-refractivity contribution in [3.05, 3.63) is 114 Å². The van der Waals surface area contributed by atoms with Crippen molar-refractivity contribution in [3.8, 4) is 0 Å². The minimum Gasteiger partial charge on any atom is -0.444 e. The number of nitrogens with one attached hydrogen (secondary N) is 2. The molecule has 0 spiro atoms. The molecule has 0 heterocycles. The molecule has 2 atom stereocenters. The predicted molar refractivity (Wildman–Crippen MR) is 186 cm³/mol. The van der Waals surface area contributed by atoms with E-state index in [9.17, 15) is 14.4 Å². The molecule has 0 saturated carbocycles. The summed E-state index contributed by atoms with van der Waals surface area (Å²) in [5.41, 5.74) is 2.42. The molecule has 0 fully saturated rings. The van der Waals surface area contributed by atoms with Gasteiger partial charge in [-0.2, -0.15) is 0 Å². The molecule has 0 saturated heterocycles. The first-order chi connectivity index (χ1) is 22.1. The Balaban J connectivity index is 1.75. The van der Waals surface area contributed by atoms with Crippen LogP contribution in [0.1, 0.15) is 76.1 Å². The summed E-state index contributed by atoms with van der Waals surface area (Å²) in [5, 5.41) is 8.04. The van der Waals surface area contributed by atoms with Crippen molar-refractivity contribution in [3.63, 3.8) is 0 Å². The number of carbonyl (C=O) groups excluding carboxylic acids is 3. The van der Waals surface area contributed by atoms with Crippen molar-refractivity contribution in [2.75, 3.05) is 11.9 Å². The molecule has 7 heteroatoms. The SMILES string of the molecule is CCCCCCN(C(=O)C(Cc1ccccc1)NC(=O)OC(C)(C)C)C(C(=O)Nc1ccc2ccccc2c1)c1ccccc1C. The summed E-state index contributed by atoms with van der Waals surface area (Å²) >= 11 is 0. The Morgan fingerprint density at radius 1 is 0.804 bits per heavy atom. The monoisotopic (exact) mass is 621 g/mol. The molecular formula is C39H47N3O4. The maximum absolute atomic E-state index is 14.7. The Kier molecular flexibility index (Phi) is 12.0. The van der Waals surface area contributed by atoms with E-state index < -0.39 is 23.8 Å². The van der Waals surface area contributed by atoms with Crippen LogP contribution in [0, 0.1) is 6.92 Å². The summed E-state index contributed by atoms with van der Waals surface area (Å²) in [5.74, 6) is -0.655. The second-order valence-electron chi connectivity index (χ2n) is 12.8. The summed E-state index contributed by atoms with van der Waals surface area (Å²) in [6.07, 6.45) is 3.25. The van der Waals surface area contributed by atoms with E-state index in [4.69, 9.17) is 4.74 Å². The van der Waals surface area contributed by atoms with E-state index in [2.05, 4.69) is 17.6 Å². The second-order valence-corrected chi connectivity index (χ2v) is 12.8. The summed E-state index contributed by atoms with van der Waals surface area (Å²) in [7, 11) is 0. The van der Waals surface area contributed by atoms with Crippen LogP contribution in [0.25, 0.3) is 10.8 Å². The number of alkyl carbamates (subject to hydrolysis) is 1. The van der Waals surface area contributed by atoms with Crippen molar-refractivity contribution in [1.29, 1.82) is 0 Å². The van der Waals surface area contributed by atoms with Gasteiger partial charge in [0, 0.05) is 18.7 Å². The normalized spacial score (nSPS) is 12.6. The fourth-order valence-electron chi connectivity index (χ4n) is 5.60. The van der Waals surface area contributed by atoms with E-state index in [1.807, 2.05) is 104 Å². The molecule has 3 amide bonds. The lowest BCUT2D eigenvalue weighted by Gasteiger charge is -2.35. The van der Waals surface area contributed by atoms with Crippen LogP contribution in [0.4, 0.5) is 10.5 Å². The average Bonchev–Trinajstić information content (AvgIpc) is 3.02. The predicted octanol–water partition coefficient (Wildman–Crippen LogP) is 8.37. The zero-order valence-electron chi connectivity index (χ0n) is 27.7. The van der Waals surface area contributed by atoms with Crippen LogP contribution in [-0.4, -0.2) is 41.0 Å². The fourth-order valence-corrected chi connectivity index (χ4v) is 5.60. The topological polar surface area (TPSA) is 87.7 Å². The number of aryl methyl sites for hydroxylation is 1. The van der Waals surface area contributed by atoms with Crippen LogP contribution in [0.2, 0.25) is 0 Å². The third kappa shape index (κ3) is 9.67. The number of nitrogens with zero attached hydrogens (tertiary/aromatic N) is 1. The van der Waals surface area contributed by atoms with Gasteiger partial charge in [0.05, 0.1) is 0 Å². The van der Waals surface area contributed by atoms with Crippen LogP contribution >= 0.6 is 0 Å². The van der Waals surface area contributed by atoms with Crippen LogP contribution in [-0.2, 0) is 20.7 Å². The number of fused-ring (bicyclic) bond motifs is 1. The standard InChI is InChI=1S/C39H47N3O4/c1-6-7-8-16-25-42(37(44)34(26-29-18-10-9-11-19-29)41-38(45)46-39(3,4)5)35(33-22-15-12-17-28(33)2)36(43)40-32-24-23-30-20-13-14-21-31(30)27-32/h9-15,17-24,27,34-35H,6-8,16,25-26H2,1-5H3,(H,40,43)(H,41,45). The highest BCUT2D eigenvalue weighted by atomic mass is 16.6. The van der Waals surface area contributed by atoms with Crippen molar-refractivity contribution in [2.24, 2.45) is 0 Å². The van der Waals surface area contributed by atoms with E-state index in [-0.39, 0.29) is 18.2 Å². The van der Waals surface area contributed by atoms with Crippen molar-refractivity contribution >= 4 is 34.4 Å². The molecule has 0 aromatic heterocycles. The highest BCUT2D eigenvalue weighted by Gasteiger charge is 2.37. The minimum absolute atomic E-state index is 0.247. The van der Waals surface area contributed by atoms with Gasteiger partial charge in [0.25, 0.3) is 5.91 Å². The van der Waals surface area contributed by atoms with Crippen LogP contribution in [0.5, 0.6) is 0 Å². The number of anilines is 1. The first-order valence-electron chi connectivity index (χ1n) is 16.2. The molecule has 0 aliphatic rings. The van der Waals surface area contributed by atoms with Gasteiger partial charge < -0.3 is 20.3 Å². The molecule has 0 bridgehead atoms. The molecule has 242 valence electrons. The molecule has 46 heavy (non-hydrogen) atoms. The van der Waals surface area contributed by atoms with E-state index in [0.717, 1.165) is 53.1 Å². The largest absolute Gasteiger partial charge is 0.444 e. The van der Waals surface area contributed by atoms with Gasteiger partial charge in [-0.1, -0.05) is 111 Å². The number of rotatable bonds is 13. The van der Waals surface area contributed by atoms with Crippen LogP contribution < -0.4 is 10.6 Å². The lowest BCUT2D eigenvalue weighted by molar-refractivity contribution is -0.140. The molecule has 7 nitrogen and oxygen atoms in total. The molecule has 0 aliphatic heterocycles. The second kappa shape index (κ2) is 16.1. The zero-order valence-corrected chi connectivity index (χ0v) is 27.7. The summed E-state index contributed by atoms with van der Waals surface area (Å²) in [6.45, 7) is 9.79. The summed E-state index contributed by atoms with van der Waals surface area (Å²) < 4.78 is 5.57. The van der Waals surface area contributed by atoms with E-state index >= 15 is 0 Å². The highest BCUT2D eigenvalue weighted by Crippen LogP contribution is 2.29. The quantitative estimate of drug-likeness (QED) is 0.147. The highest BCUT2D eigenvalue weighted by molar-refractivity contribution is 6.00. The van der Waals surface area contributed by atoms with Gasteiger partial charge in [0.15, 0.2) is 0 Å². The molecule has 2 N–H and O–H groups in total. The molecule has 4 aromatic carbocycles. The number of ether oxygens (including phenoxy) is 1. The summed E-state index contributed by atoms with van der Waals surface area (Å²) in [6, 6.07) is 29.1. The lowest BCUT2D eigenvalue weighted by Crippen LogP contribution is -2.53. The van der Waals surface area contributed by atoms with Crippen molar-refractivity contribution < 1.29 is 19.1 Å². The van der Waals surface area contributed by atoms with Crippen molar-refractivity contribution in [1.82, 2.24) is 10.2 Å². The Bertz CT molecular complexity index is 1610. The molecular weight excluding hydrogens is 574 g/mol. The third-order valence-electron chi connectivity index (χ3n) is 7.87. The van der Waals surface area contributed by atoms with Gasteiger partial charge >= 0.3 is 6.09 Å². The Morgan fingerprint density at radius 2 is 1.48 bits per heavy atom. The molecule has 4 rings (SSSR count). The van der Waals surface area contributed by atoms with Crippen LogP contribution in [0.15, 0.2) is 97.1 Å². The first kappa shape index (κ1) is 34.2. The number of amides is 3. The van der Waals surface area contributed by atoms with Gasteiger partial charge in [-0.25, -0.2) is 4.79 Å². The maximum Gasteiger partial charge on any atom is 0.408 e. The number of carbonyl (C=O) groups is 3. The Hall–Kier alpha value is -4.65. The molecule has 2 unspecified atom stereocenters. The average molecular weight is 622 g/mol. The van der Waals surface area contributed by atoms with Crippen molar-refractivity contribution in [2.45, 2.75) is 84.4 Å². The first-order valence-corrected chi connectivity index (χ1v) is 16.2. The fraction of sp³-hybridized carbons (Fsp3) is 0.359. The van der Waals surface area contributed by atoms with E-state index in [1.54, 1.807) is 25.7 Å². The van der Waals surface area contributed by atoms with E-state index in [0.29, 0.717) is 12.2 Å². The van der Waals surface area contributed by atoms with Crippen LogP contribution in [0.3, 0.4) is 0 Å². The van der Waals surface area contributed by atoms with Gasteiger partial charge in [-0.05, 0) is 73.7 Å². The zero-order chi connectivity index (χ0) is 33.1. The number of benzene rings is 4. The third-order valence-corrected chi connectivity index (χ3v) is 7.87. The number of unbranched alkanes of at least 4 members (excludes halogenated alkanes) is 3. The smallest absolute Gasteiger partial charge is 0.408 e. The van der Waals surface area contributed by atoms with Gasteiger partial charge in [-0.3, -0.25) is 9.59 Å². The Labute approximate surface area is 273 Å². The van der Waals surface area contributed by atoms with Gasteiger partial charge in [-0.15, -0.1) is 0 Å². The minimum atomic E-state index is -0.955.